The van der Waals surface area contributed by atoms with Gasteiger partial charge in [0.05, 0.1) is 18.2 Å². The van der Waals surface area contributed by atoms with Crippen molar-refractivity contribution in [1.29, 1.82) is 0 Å². The van der Waals surface area contributed by atoms with Crippen molar-refractivity contribution in [2.24, 2.45) is 5.10 Å². The quantitative estimate of drug-likeness (QED) is 0.364. The van der Waals surface area contributed by atoms with Crippen molar-refractivity contribution in [3.8, 4) is 5.75 Å². The lowest BCUT2D eigenvalue weighted by Crippen LogP contribution is -2.39. The highest BCUT2D eigenvalue weighted by atomic mass is 35.5. The number of rotatable bonds is 9. The number of ether oxygens (including phenoxy) is 1. The normalized spacial score (nSPS) is 11.4. The van der Waals surface area contributed by atoms with Crippen LogP contribution in [-0.2, 0) is 21.4 Å². The average molecular weight is 486 g/mol. The van der Waals surface area contributed by atoms with Gasteiger partial charge in [0.2, 0.25) is 10.0 Å². The van der Waals surface area contributed by atoms with Gasteiger partial charge in [-0.05, 0) is 60.0 Å². The summed E-state index contributed by atoms with van der Waals surface area (Å²) >= 11 is 6.01. The first-order chi connectivity index (χ1) is 15.7. The molecule has 0 fully saturated rings. The molecule has 3 aromatic rings. The summed E-state index contributed by atoms with van der Waals surface area (Å²) < 4.78 is 31.2. The molecule has 0 spiro atoms. The van der Waals surface area contributed by atoms with Crippen molar-refractivity contribution in [1.82, 2.24) is 5.43 Å². The second-order valence-corrected chi connectivity index (χ2v) is 9.68. The maximum absolute atomic E-state index is 12.3. The summed E-state index contributed by atoms with van der Waals surface area (Å²) in [5, 5.41) is 4.29. The zero-order valence-electron chi connectivity index (χ0n) is 18.2. The van der Waals surface area contributed by atoms with Gasteiger partial charge in [0.25, 0.3) is 5.91 Å². The Kier molecular flexibility index (Phi) is 8.08. The molecule has 3 aromatic carbocycles. The summed E-state index contributed by atoms with van der Waals surface area (Å²) in [6.45, 7) is 1.78. The smallest absolute Gasteiger partial charge is 0.260 e. The Morgan fingerprint density at radius 3 is 2.45 bits per heavy atom. The first kappa shape index (κ1) is 24.3. The highest BCUT2D eigenvalue weighted by molar-refractivity contribution is 7.92. The van der Waals surface area contributed by atoms with Crippen molar-refractivity contribution in [3.05, 3.63) is 94.5 Å². The molecule has 1 N–H and O–H groups in total. The molecule has 0 aliphatic carbocycles. The minimum atomic E-state index is -3.71. The van der Waals surface area contributed by atoms with Gasteiger partial charge in [-0.3, -0.25) is 9.10 Å². The SMILES string of the molecule is Cc1ccc(Cl)cc1N(CC(=O)N/N=C\c1ccc(OCc2ccccc2)cc1)S(C)(=O)=O. The van der Waals surface area contributed by atoms with E-state index >= 15 is 0 Å². The molecule has 0 unspecified atom stereocenters. The van der Waals surface area contributed by atoms with Crippen LogP contribution in [0.5, 0.6) is 5.75 Å². The Morgan fingerprint density at radius 1 is 1.09 bits per heavy atom. The summed E-state index contributed by atoms with van der Waals surface area (Å²) in [5.41, 5.74) is 5.19. The molecule has 0 aliphatic rings. The second kappa shape index (κ2) is 11.0. The molecule has 0 heterocycles. The maximum Gasteiger partial charge on any atom is 0.260 e. The number of sulfonamides is 1. The lowest BCUT2D eigenvalue weighted by atomic mass is 10.2. The molecule has 0 aliphatic heterocycles. The number of hydrogen-bond donors (Lipinski definition) is 1. The molecule has 3 rings (SSSR count). The van der Waals surface area contributed by atoms with Gasteiger partial charge in [-0.2, -0.15) is 5.10 Å². The molecular formula is C24H24ClN3O4S. The molecule has 172 valence electrons. The van der Waals surface area contributed by atoms with Crippen LogP contribution in [0, 0.1) is 6.92 Å². The van der Waals surface area contributed by atoms with E-state index in [4.69, 9.17) is 16.3 Å². The minimum Gasteiger partial charge on any atom is -0.489 e. The van der Waals surface area contributed by atoms with Gasteiger partial charge in [0, 0.05) is 5.02 Å². The van der Waals surface area contributed by atoms with E-state index in [0.717, 1.165) is 21.7 Å². The third-order valence-electron chi connectivity index (χ3n) is 4.66. The van der Waals surface area contributed by atoms with E-state index in [9.17, 15) is 13.2 Å². The Morgan fingerprint density at radius 2 is 1.79 bits per heavy atom. The van der Waals surface area contributed by atoms with Crippen molar-refractivity contribution in [2.45, 2.75) is 13.5 Å². The summed E-state index contributed by atoms with van der Waals surface area (Å²) in [6.07, 6.45) is 2.50. The standard InChI is InChI=1S/C24H24ClN3O4S/c1-18-8-11-21(25)14-23(18)28(33(2,30)31)16-24(29)27-26-15-19-9-12-22(13-10-19)32-17-20-6-4-3-5-7-20/h3-15H,16-17H2,1-2H3,(H,27,29)/b26-15-. The summed E-state index contributed by atoms with van der Waals surface area (Å²) in [7, 11) is -3.71. The van der Waals surface area contributed by atoms with Crippen LogP contribution in [0.2, 0.25) is 5.02 Å². The molecule has 0 saturated carbocycles. The van der Waals surface area contributed by atoms with E-state index in [-0.39, 0.29) is 0 Å². The summed E-state index contributed by atoms with van der Waals surface area (Å²) in [6, 6.07) is 21.9. The molecule has 33 heavy (non-hydrogen) atoms. The van der Waals surface area contributed by atoms with E-state index in [1.165, 1.54) is 12.3 Å². The fraction of sp³-hybridized carbons (Fsp3) is 0.167. The van der Waals surface area contributed by atoms with Gasteiger partial charge in [-0.25, -0.2) is 13.8 Å². The van der Waals surface area contributed by atoms with Crippen LogP contribution in [0.1, 0.15) is 16.7 Å². The van der Waals surface area contributed by atoms with Crippen LogP contribution < -0.4 is 14.5 Å². The van der Waals surface area contributed by atoms with Crippen LogP contribution in [-0.4, -0.2) is 33.3 Å². The minimum absolute atomic E-state index is 0.343. The Hall–Kier alpha value is -3.36. The number of amides is 1. The topological polar surface area (TPSA) is 88.1 Å². The average Bonchev–Trinajstić information content (AvgIpc) is 2.79. The number of hydrogen-bond acceptors (Lipinski definition) is 5. The summed E-state index contributed by atoms with van der Waals surface area (Å²) in [4.78, 5) is 12.3. The van der Waals surface area contributed by atoms with Crippen molar-refractivity contribution in [2.75, 3.05) is 17.1 Å². The first-order valence-corrected chi connectivity index (χ1v) is 12.3. The fourth-order valence-electron chi connectivity index (χ4n) is 2.97. The molecule has 0 radical (unpaired) electrons. The van der Waals surface area contributed by atoms with Crippen molar-refractivity contribution >= 4 is 39.4 Å². The van der Waals surface area contributed by atoms with E-state index in [2.05, 4.69) is 10.5 Å². The first-order valence-electron chi connectivity index (χ1n) is 10.0. The third-order valence-corrected chi connectivity index (χ3v) is 6.02. The van der Waals surface area contributed by atoms with Gasteiger partial charge < -0.3 is 4.74 Å². The monoisotopic (exact) mass is 485 g/mol. The van der Waals surface area contributed by atoms with Crippen molar-refractivity contribution in [3.63, 3.8) is 0 Å². The van der Waals surface area contributed by atoms with Crippen molar-refractivity contribution < 1.29 is 17.9 Å². The molecule has 0 aromatic heterocycles. The van der Waals surface area contributed by atoms with Crippen LogP contribution in [0.4, 0.5) is 5.69 Å². The lowest BCUT2D eigenvalue weighted by Gasteiger charge is -2.23. The maximum atomic E-state index is 12.3. The predicted molar refractivity (Wildman–Crippen MR) is 131 cm³/mol. The van der Waals surface area contributed by atoms with E-state index in [1.54, 1.807) is 43.3 Å². The van der Waals surface area contributed by atoms with Crippen LogP contribution in [0.3, 0.4) is 0 Å². The molecular weight excluding hydrogens is 462 g/mol. The van der Waals surface area contributed by atoms with Crippen LogP contribution in [0.15, 0.2) is 77.9 Å². The van der Waals surface area contributed by atoms with Crippen LogP contribution in [0.25, 0.3) is 0 Å². The Bertz CT molecular complexity index is 1230. The zero-order valence-corrected chi connectivity index (χ0v) is 19.8. The highest BCUT2D eigenvalue weighted by Crippen LogP contribution is 2.26. The predicted octanol–water partition coefficient (Wildman–Crippen LogP) is 4.14. The number of carbonyl (C=O) groups is 1. The molecule has 7 nitrogen and oxygen atoms in total. The largest absolute Gasteiger partial charge is 0.489 e. The van der Waals surface area contributed by atoms with Gasteiger partial charge >= 0.3 is 0 Å². The van der Waals surface area contributed by atoms with Gasteiger partial charge in [0.15, 0.2) is 0 Å². The molecule has 0 saturated heterocycles. The number of carbonyl (C=O) groups excluding carboxylic acids is 1. The number of aryl methyl sites for hydroxylation is 1. The third kappa shape index (κ3) is 7.34. The van der Waals surface area contributed by atoms with E-state index in [0.29, 0.717) is 28.6 Å². The second-order valence-electron chi connectivity index (χ2n) is 7.34. The molecule has 0 bridgehead atoms. The summed E-state index contributed by atoms with van der Waals surface area (Å²) in [5.74, 6) is 0.125. The molecule has 0 atom stereocenters. The Labute approximate surface area is 198 Å². The molecule has 1 amide bonds. The van der Waals surface area contributed by atoms with E-state index < -0.39 is 22.5 Å². The van der Waals surface area contributed by atoms with Crippen LogP contribution >= 0.6 is 11.6 Å². The van der Waals surface area contributed by atoms with Gasteiger partial charge in [0.1, 0.15) is 18.9 Å². The highest BCUT2D eigenvalue weighted by Gasteiger charge is 2.22. The fourth-order valence-corrected chi connectivity index (χ4v) is 4.04. The number of hydrazone groups is 1. The number of benzene rings is 3. The number of nitrogens with zero attached hydrogens (tertiary/aromatic N) is 2. The van der Waals surface area contributed by atoms with Gasteiger partial charge in [-0.15, -0.1) is 0 Å². The number of nitrogens with one attached hydrogen (secondary N) is 1. The lowest BCUT2D eigenvalue weighted by molar-refractivity contribution is -0.119. The van der Waals surface area contributed by atoms with Gasteiger partial charge in [-0.1, -0.05) is 48.0 Å². The van der Waals surface area contributed by atoms with E-state index in [1.807, 2.05) is 30.3 Å². The molecule has 9 heteroatoms. The Balaban J connectivity index is 1.57. The number of halogens is 1. The zero-order chi connectivity index (χ0) is 23.8. The number of anilines is 1.